The van der Waals surface area contributed by atoms with E-state index in [-0.39, 0.29) is 6.61 Å². The predicted molar refractivity (Wildman–Crippen MR) is 107 cm³/mol. The highest BCUT2D eigenvalue weighted by Gasteiger charge is 2.57. The second-order valence-corrected chi connectivity index (χ2v) is 7.26. The van der Waals surface area contributed by atoms with Gasteiger partial charge in [-0.1, -0.05) is 36.4 Å². The van der Waals surface area contributed by atoms with Crippen molar-refractivity contribution < 1.29 is 33.3 Å². The standard InChI is InChI=1S/C23H24O7/c1-15-20(29-22(26)18-12-8-5-9-13-18)23(3,30-16(2)24)19(28-15)14-27-21(25)17-10-6-4-7-11-17/h4-13,15,19-20H,14H2,1-3H3/t15-,19+,20-,23+/m0/s1. The maximum absolute atomic E-state index is 12.6. The molecule has 1 heterocycles. The fourth-order valence-electron chi connectivity index (χ4n) is 3.53. The second-order valence-electron chi connectivity index (χ2n) is 7.26. The van der Waals surface area contributed by atoms with Crippen molar-refractivity contribution in [3.05, 3.63) is 71.8 Å². The van der Waals surface area contributed by atoms with Crippen molar-refractivity contribution in [1.29, 1.82) is 0 Å². The first-order valence-electron chi connectivity index (χ1n) is 9.64. The third kappa shape index (κ3) is 4.68. The normalized spacial score (nSPS) is 25.4. The van der Waals surface area contributed by atoms with E-state index in [0.717, 1.165) is 0 Å². The molecule has 0 N–H and O–H groups in total. The van der Waals surface area contributed by atoms with E-state index in [0.29, 0.717) is 11.1 Å². The summed E-state index contributed by atoms with van der Waals surface area (Å²) in [7, 11) is 0. The first-order chi connectivity index (χ1) is 14.3. The molecule has 0 bridgehead atoms. The van der Waals surface area contributed by atoms with E-state index >= 15 is 0 Å². The third-order valence-corrected chi connectivity index (χ3v) is 4.99. The van der Waals surface area contributed by atoms with Gasteiger partial charge in [0.15, 0.2) is 11.7 Å². The zero-order chi connectivity index (χ0) is 21.7. The Hall–Kier alpha value is -3.19. The van der Waals surface area contributed by atoms with Crippen LogP contribution in [-0.2, 0) is 23.7 Å². The van der Waals surface area contributed by atoms with Crippen molar-refractivity contribution in [2.45, 2.75) is 44.7 Å². The minimum atomic E-state index is -1.33. The minimum absolute atomic E-state index is 0.165. The number of esters is 3. The highest BCUT2D eigenvalue weighted by atomic mass is 16.7. The van der Waals surface area contributed by atoms with E-state index in [1.165, 1.54) is 6.92 Å². The number of carbonyl (C=O) groups is 3. The Morgan fingerprint density at radius 3 is 2.00 bits per heavy atom. The van der Waals surface area contributed by atoms with Gasteiger partial charge in [0.1, 0.15) is 12.7 Å². The van der Waals surface area contributed by atoms with Gasteiger partial charge in [-0.2, -0.15) is 0 Å². The average molecular weight is 412 g/mol. The molecule has 7 heteroatoms. The van der Waals surface area contributed by atoms with Gasteiger partial charge in [-0.25, -0.2) is 9.59 Å². The van der Waals surface area contributed by atoms with Crippen LogP contribution in [0.5, 0.6) is 0 Å². The van der Waals surface area contributed by atoms with Gasteiger partial charge in [-0.15, -0.1) is 0 Å². The summed E-state index contributed by atoms with van der Waals surface area (Å²) in [6.45, 7) is 4.42. The molecule has 0 amide bonds. The quantitative estimate of drug-likeness (QED) is 0.532. The summed E-state index contributed by atoms with van der Waals surface area (Å²) in [4.78, 5) is 36.7. The Balaban J connectivity index is 1.76. The lowest BCUT2D eigenvalue weighted by molar-refractivity contribution is -0.172. The Bertz CT molecular complexity index is 896. The smallest absolute Gasteiger partial charge is 0.338 e. The number of hydrogen-bond acceptors (Lipinski definition) is 7. The maximum atomic E-state index is 12.6. The molecule has 1 aliphatic rings. The zero-order valence-electron chi connectivity index (χ0n) is 17.1. The van der Waals surface area contributed by atoms with Crippen molar-refractivity contribution in [2.75, 3.05) is 6.61 Å². The molecule has 0 aromatic heterocycles. The Morgan fingerprint density at radius 2 is 1.47 bits per heavy atom. The maximum Gasteiger partial charge on any atom is 0.338 e. The Kier molecular flexibility index (Phi) is 6.52. The molecule has 158 valence electrons. The molecule has 3 rings (SSSR count). The summed E-state index contributed by atoms with van der Waals surface area (Å²) in [6.07, 6.45) is -2.27. The number of benzene rings is 2. The van der Waals surface area contributed by atoms with Gasteiger partial charge in [0.2, 0.25) is 0 Å². The van der Waals surface area contributed by atoms with E-state index in [1.807, 2.05) is 0 Å². The second kappa shape index (κ2) is 9.09. The molecule has 0 unspecified atom stereocenters. The third-order valence-electron chi connectivity index (χ3n) is 4.99. The molecule has 1 aliphatic heterocycles. The molecule has 1 saturated heterocycles. The van der Waals surface area contributed by atoms with Gasteiger partial charge in [0, 0.05) is 6.92 Å². The topological polar surface area (TPSA) is 88.1 Å². The minimum Gasteiger partial charge on any atom is -0.459 e. The lowest BCUT2D eigenvalue weighted by atomic mass is 9.92. The van der Waals surface area contributed by atoms with Crippen molar-refractivity contribution >= 4 is 17.9 Å². The lowest BCUT2D eigenvalue weighted by Gasteiger charge is -2.33. The van der Waals surface area contributed by atoms with Crippen LogP contribution < -0.4 is 0 Å². The first-order valence-corrected chi connectivity index (χ1v) is 9.64. The lowest BCUT2D eigenvalue weighted by Crippen LogP contribution is -2.52. The molecule has 1 fully saturated rings. The monoisotopic (exact) mass is 412 g/mol. The summed E-state index contributed by atoms with van der Waals surface area (Å²) >= 11 is 0. The molecule has 0 aliphatic carbocycles. The van der Waals surface area contributed by atoms with Crippen LogP contribution in [-0.4, -0.2) is 48.4 Å². The van der Waals surface area contributed by atoms with Gasteiger partial charge in [-0.05, 0) is 38.1 Å². The van der Waals surface area contributed by atoms with Crippen LogP contribution in [0.1, 0.15) is 41.5 Å². The molecule has 0 saturated carbocycles. The molecule has 7 nitrogen and oxygen atoms in total. The van der Waals surface area contributed by atoms with Crippen molar-refractivity contribution in [2.24, 2.45) is 0 Å². The van der Waals surface area contributed by atoms with Crippen LogP contribution in [0.2, 0.25) is 0 Å². The van der Waals surface area contributed by atoms with Crippen LogP contribution in [0.25, 0.3) is 0 Å². The molecular weight excluding hydrogens is 388 g/mol. The number of hydrogen-bond donors (Lipinski definition) is 0. The summed E-state index contributed by atoms with van der Waals surface area (Å²) in [6, 6.07) is 17.0. The molecule has 4 atom stereocenters. The van der Waals surface area contributed by atoms with E-state index in [1.54, 1.807) is 74.5 Å². The van der Waals surface area contributed by atoms with Gasteiger partial charge in [-0.3, -0.25) is 4.79 Å². The van der Waals surface area contributed by atoms with Crippen molar-refractivity contribution in [1.82, 2.24) is 0 Å². The zero-order valence-corrected chi connectivity index (χ0v) is 17.1. The SMILES string of the molecule is CC(=O)O[C@]1(C)[C@@H](COC(=O)c2ccccc2)O[C@@H](C)[C@@H]1OC(=O)c1ccccc1. The highest BCUT2D eigenvalue weighted by molar-refractivity contribution is 5.90. The van der Waals surface area contributed by atoms with Gasteiger partial charge in [0.25, 0.3) is 0 Å². The van der Waals surface area contributed by atoms with E-state index < -0.39 is 41.8 Å². The number of ether oxygens (including phenoxy) is 4. The molecule has 0 radical (unpaired) electrons. The molecular formula is C23H24O7. The van der Waals surface area contributed by atoms with Crippen molar-refractivity contribution in [3.63, 3.8) is 0 Å². The summed E-state index contributed by atoms with van der Waals surface area (Å²) in [5.41, 5.74) is -0.564. The van der Waals surface area contributed by atoms with E-state index in [2.05, 4.69) is 0 Å². The molecule has 2 aromatic rings. The average Bonchev–Trinajstić information content (AvgIpc) is 2.96. The van der Waals surface area contributed by atoms with Crippen molar-refractivity contribution in [3.8, 4) is 0 Å². The van der Waals surface area contributed by atoms with Crippen LogP contribution in [0, 0.1) is 0 Å². The Morgan fingerprint density at radius 1 is 0.933 bits per heavy atom. The predicted octanol–water partition coefficient (Wildman–Crippen LogP) is 3.18. The van der Waals surface area contributed by atoms with Crippen LogP contribution in [0.4, 0.5) is 0 Å². The fraction of sp³-hybridized carbons (Fsp3) is 0.348. The van der Waals surface area contributed by atoms with E-state index in [9.17, 15) is 14.4 Å². The molecule has 0 spiro atoms. The van der Waals surface area contributed by atoms with Crippen LogP contribution >= 0.6 is 0 Å². The summed E-state index contributed by atoms with van der Waals surface area (Å²) in [5, 5.41) is 0. The van der Waals surface area contributed by atoms with Crippen LogP contribution in [0.3, 0.4) is 0 Å². The van der Waals surface area contributed by atoms with Gasteiger partial charge >= 0.3 is 17.9 Å². The molecule has 2 aromatic carbocycles. The molecule has 30 heavy (non-hydrogen) atoms. The summed E-state index contributed by atoms with van der Waals surface area (Å²) < 4.78 is 22.5. The largest absolute Gasteiger partial charge is 0.459 e. The van der Waals surface area contributed by atoms with E-state index in [4.69, 9.17) is 18.9 Å². The first kappa shape index (κ1) is 21.5. The summed E-state index contributed by atoms with van der Waals surface area (Å²) in [5.74, 6) is -1.64. The number of carbonyl (C=O) groups excluding carboxylic acids is 3. The van der Waals surface area contributed by atoms with Crippen LogP contribution in [0.15, 0.2) is 60.7 Å². The van der Waals surface area contributed by atoms with Gasteiger partial charge in [0.05, 0.1) is 17.2 Å². The Labute approximate surface area is 174 Å². The highest BCUT2D eigenvalue weighted by Crippen LogP contribution is 2.37. The van der Waals surface area contributed by atoms with Gasteiger partial charge < -0.3 is 18.9 Å². The fourth-order valence-corrected chi connectivity index (χ4v) is 3.53. The number of rotatable bonds is 6.